The molecule has 9 heteroatoms. The van der Waals surface area contributed by atoms with Crippen LogP contribution in [0, 0.1) is 0 Å². The Morgan fingerprint density at radius 2 is 1.76 bits per heavy atom. The topological polar surface area (TPSA) is 123 Å². The fourth-order valence-electron chi connectivity index (χ4n) is 5.84. The van der Waals surface area contributed by atoms with E-state index in [1.54, 1.807) is 18.2 Å². The van der Waals surface area contributed by atoms with E-state index in [1.807, 2.05) is 0 Å². The number of ether oxygens (including phenoxy) is 2. The number of anilines is 1. The monoisotopic (exact) mass is 514 g/mol. The number of rotatable bonds is 10. The molecule has 0 unspecified atom stereocenters. The molecule has 0 bridgehead atoms. The summed E-state index contributed by atoms with van der Waals surface area (Å²) < 4.78 is 11.0. The van der Waals surface area contributed by atoms with Crippen LogP contribution in [0.3, 0.4) is 0 Å². The number of hydrogen-bond acceptors (Lipinski definition) is 7. The Morgan fingerprint density at radius 3 is 2.43 bits per heavy atom. The fourth-order valence-corrected chi connectivity index (χ4v) is 5.84. The third-order valence-corrected chi connectivity index (χ3v) is 8.10. The molecule has 3 aliphatic rings. The van der Waals surface area contributed by atoms with Crippen LogP contribution in [0.4, 0.5) is 5.69 Å². The van der Waals surface area contributed by atoms with Gasteiger partial charge in [0.2, 0.25) is 5.91 Å². The van der Waals surface area contributed by atoms with Crippen LogP contribution in [0.2, 0.25) is 0 Å². The maximum atomic E-state index is 12.9. The maximum absolute atomic E-state index is 12.9. The Morgan fingerprint density at radius 1 is 1.05 bits per heavy atom. The van der Waals surface area contributed by atoms with E-state index >= 15 is 0 Å². The predicted molar refractivity (Wildman–Crippen MR) is 141 cm³/mol. The quantitative estimate of drug-likeness (QED) is 0.324. The summed E-state index contributed by atoms with van der Waals surface area (Å²) in [5.74, 6) is 0.0786. The Labute approximate surface area is 219 Å². The number of piperidine rings is 1. The minimum atomic E-state index is -0.829. The molecule has 4 N–H and O–H groups in total. The van der Waals surface area contributed by atoms with Gasteiger partial charge in [-0.2, -0.15) is 0 Å². The van der Waals surface area contributed by atoms with Gasteiger partial charge in [0.05, 0.1) is 12.8 Å². The van der Waals surface area contributed by atoms with Crippen LogP contribution >= 0.6 is 0 Å². The number of benzene rings is 1. The summed E-state index contributed by atoms with van der Waals surface area (Å²) in [6, 6.07) is 5.16. The van der Waals surface area contributed by atoms with Crippen LogP contribution < -0.4 is 21.1 Å². The first-order valence-electron chi connectivity index (χ1n) is 13.9. The zero-order chi connectivity index (χ0) is 26.3. The van der Waals surface area contributed by atoms with Gasteiger partial charge in [-0.05, 0) is 82.5 Å². The Balaban J connectivity index is 1.16. The smallest absolute Gasteiger partial charge is 0.332 e. The SMILES string of the molecule is COc1cc(C(=O)NC2CCN(CCCC(=O)NC3(C(=O)OC4CCCC4)CCCC3)CC2)ccc1N. The van der Waals surface area contributed by atoms with Crippen molar-refractivity contribution in [3.05, 3.63) is 23.8 Å². The summed E-state index contributed by atoms with van der Waals surface area (Å²) in [6.45, 7) is 2.56. The van der Waals surface area contributed by atoms with Crippen LogP contribution in [-0.2, 0) is 14.3 Å². The number of carbonyl (C=O) groups excluding carboxylic acids is 3. The first kappa shape index (κ1) is 27.2. The molecule has 9 nitrogen and oxygen atoms in total. The van der Waals surface area contributed by atoms with Crippen molar-refractivity contribution in [1.82, 2.24) is 15.5 Å². The number of nitrogens with two attached hydrogens (primary N) is 1. The van der Waals surface area contributed by atoms with Crippen molar-refractivity contribution >= 4 is 23.5 Å². The molecule has 2 aliphatic carbocycles. The van der Waals surface area contributed by atoms with Crippen molar-refractivity contribution < 1.29 is 23.9 Å². The number of carbonyl (C=O) groups is 3. The lowest BCUT2D eigenvalue weighted by Gasteiger charge is -2.32. The highest BCUT2D eigenvalue weighted by atomic mass is 16.5. The standard InChI is InChI=1S/C28H42N4O5/c1-36-24-19-20(10-11-23(24)29)26(34)30-21-12-17-32(18-13-21)16-6-9-25(33)31-28(14-4-5-15-28)27(35)37-22-7-2-3-8-22/h10-11,19,21-22H,2-9,12-18,29H2,1H3,(H,30,34)(H,31,33). The highest BCUT2D eigenvalue weighted by molar-refractivity contribution is 5.95. The second-order valence-electron chi connectivity index (χ2n) is 10.8. The molecule has 1 aromatic carbocycles. The molecule has 1 heterocycles. The molecule has 2 saturated carbocycles. The van der Waals surface area contributed by atoms with Crippen LogP contribution in [0.25, 0.3) is 0 Å². The van der Waals surface area contributed by atoms with E-state index in [0.717, 1.165) is 77.4 Å². The number of nitrogens with zero attached hydrogens (tertiary/aromatic N) is 1. The van der Waals surface area contributed by atoms with E-state index in [9.17, 15) is 14.4 Å². The van der Waals surface area contributed by atoms with Crippen molar-refractivity contribution in [3.8, 4) is 5.75 Å². The van der Waals surface area contributed by atoms with Crippen molar-refractivity contribution in [1.29, 1.82) is 0 Å². The summed E-state index contributed by atoms with van der Waals surface area (Å²) in [5, 5.41) is 6.18. The van der Waals surface area contributed by atoms with Gasteiger partial charge in [-0.15, -0.1) is 0 Å². The number of nitrogen functional groups attached to an aromatic ring is 1. The molecular formula is C28H42N4O5. The van der Waals surface area contributed by atoms with E-state index in [2.05, 4.69) is 15.5 Å². The van der Waals surface area contributed by atoms with Crippen molar-refractivity contribution in [2.45, 2.75) is 94.7 Å². The lowest BCUT2D eigenvalue weighted by atomic mass is 9.97. The average Bonchev–Trinajstić information content (AvgIpc) is 3.58. The molecule has 0 atom stereocenters. The molecular weight excluding hydrogens is 472 g/mol. The van der Waals surface area contributed by atoms with E-state index in [1.165, 1.54) is 7.11 Å². The highest BCUT2D eigenvalue weighted by Gasteiger charge is 2.44. The number of nitrogens with one attached hydrogen (secondary N) is 2. The van der Waals surface area contributed by atoms with Crippen molar-refractivity contribution in [3.63, 3.8) is 0 Å². The van der Waals surface area contributed by atoms with Gasteiger partial charge in [0.1, 0.15) is 17.4 Å². The maximum Gasteiger partial charge on any atom is 0.332 e. The second kappa shape index (κ2) is 12.6. The van der Waals surface area contributed by atoms with Gasteiger partial charge in [0.15, 0.2) is 0 Å². The molecule has 3 fully saturated rings. The van der Waals surface area contributed by atoms with Crippen LogP contribution in [0.15, 0.2) is 18.2 Å². The average molecular weight is 515 g/mol. The van der Waals surface area contributed by atoms with Gasteiger partial charge in [-0.1, -0.05) is 12.8 Å². The predicted octanol–water partition coefficient (Wildman–Crippen LogP) is 3.17. The van der Waals surface area contributed by atoms with E-state index in [-0.39, 0.29) is 29.9 Å². The van der Waals surface area contributed by atoms with Gasteiger partial charge in [-0.25, -0.2) is 4.79 Å². The van der Waals surface area contributed by atoms with Crippen LogP contribution in [-0.4, -0.2) is 67.1 Å². The Kier molecular flexibility index (Phi) is 9.29. The molecule has 4 rings (SSSR count). The number of esters is 1. The van der Waals surface area contributed by atoms with Gasteiger partial charge in [0, 0.05) is 31.1 Å². The lowest BCUT2D eigenvalue weighted by Crippen LogP contribution is -2.54. The van der Waals surface area contributed by atoms with Crippen LogP contribution in [0.1, 0.15) is 87.4 Å². The Hall–Kier alpha value is -2.81. The zero-order valence-corrected chi connectivity index (χ0v) is 22.1. The summed E-state index contributed by atoms with van der Waals surface area (Å²) in [7, 11) is 1.53. The first-order valence-corrected chi connectivity index (χ1v) is 13.9. The number of amides is 2. The van der Waals surface area contributed by atoms with Crippen LogP contribution in [0.5, 0.6) is 5.75 Å². The number of hydrogen-bond donors (Lipinski definition) is 3. The highest BCUT2D eigenvalue weighted by Crippen LogP contribution is 2.33. The van der Waals surface area contributed by atoms with Gasteiger partial charge in [0.25, 0.3) is 5.91 Å². The molecule has 204 valence electrons. The molecule has 1 aliphatic heterocycles. The van der Waals surface area contributed by atoms with E-state index in [4.69, 9.17) is 15.2 Å². The number of likely N-dealkylation sites (tertiary alicyclic amines) is 1. The summed E-state index contributed by atoms with van der Waals surface area (Å²) in [5.41, 5.74) is 6.05. The minimum Gasteiger partial charge on any atom is -0.495 e. The Bertz CT molecular complexity index is 948. The summed E-state index contributed by atoms with van der Waals surface area (Å²) >= 11 is 0. The van der Waals surface area contributed by atoms with Crippen molar-refractivity contribution in [2.24, 2.45) is 0 Å². The largest absolute Gasteiger partial charge is 0.495 e. The van der Waals surface area contributed by atoms with Crippen molar-refractivity contribution in [2.75, 3.05) is 32.5 Å². The van der Waals surface area contributed by atoms with Gasteiger partial charge < -0.3 is 30.7 Å². The third kappa shape index (κ3) is 7.15. The number of methoxy groups -OCH3 is 1. The molecule has 0 radical (unpaired) electrons. The second-order valence-corrected chi connectivity index (χ2v) is 10.8. The van der Waals surface area contributed by atoms with Gasteiger partial charge in [-0.3, -0.25) is 9.59 Å². The van der Waals surface area contributed by atoms with E-state index < -0.39 is 5.54 Å². The normalized spacial score (nSPS) is 20.5. The lowest BCUT2D eigenvalue weighted by molar-refractivity contribution is -0.158. The summed E-state index contributed by atoms with van der Waals surface area (Å²) in [4.78, 5) is 40.7. The molecule has 37 heavy (non-hydrogen) atoms. The third-order valence-electron chi connectivity index (χ3n) is 8.10. The molecule has 0 aromatic heterocycles. The fraction of sp³-hybridized carbons (Fsp3) is 0.679. The molecule has 0 spiro atoms. The van der Waals surface area contributed by atoms with Gasteiger partial charge >= 0.3 is 5.97 Å². The molecule has 2 amide bonds. The first-order chi connectivity index (χ1) is 17.9. The summed E-state index contributed by atoms with van der Waals surface area (Å²) in [6.07, 6.45) is 10.2. The molecule has 1 saturated heterocycles. The zero-order valence-electron chi connectivity index (χ0n) is 22.1. The molecule has 1 aromatic rings. The minimum absolute atomic E-state index is 0.0175. The van der Waals surface area contributed by atoms with E-state index in [0.29, 0.717) is 36.3 Å².